The number of esters is 1. The number of anilines is 1. The lowest BCUT2D eigenvalue weighted by Gasteiger charge is -2.06. The molecule has 0 atom stereocenters. The maximum Gasteiger partial charge on any atom is 0.341 e. The monoisotopic (exact) mass is 343 g/mol. The third kappa shape index (κ3) is 3.30. The van der Waals surface area contributed by atoms with Crippen LogP contribution in [0.25, 0.3) is 10.1 Å². The highest BCUT2D eigenvalue weighted by Crippen LogP contribution is 2.36. The lowest BCUT2D eigenvalue weighted by Crippen LogP contribution is -2.16. The Balaban J connectivity index is 1.89. The molecule has 2 aromatic heterocycles. The van der Waals surface area contributed by atoms with Crippen LogP contribution in [-0.4, -0.2) is 28.3 Å². The van der Waals surface area contributed by atoms with Crippen molar-refractivity contribution in [3.05, 3.63) is 47.8 Å². The number of nitrogens with zero attached hydrogens (tertiary/aromatic N) is 2. The van der Waals surface area contributed by atoms with Gasteiger partial charge in [0.2, 0.25) is 5.91 Å². The number of rotatable bonds is 5. The quantitative estimate of drug-likeness (QED) is 0.723. The van der Waals surface area contributed by atoms with E-state index >= 15 is 0 Å². The molecule has 0 aliphatic heterocycles. The molecule has 0 radical (unpaired) electrons. The zero-order valence-electron chi connectivity index (χ0n) is 13.4. The van der Waals surface area contributed by atoms with E-state index in [0.29, 0.717) is 10.6 Å². The average Bonchev–Trinajstić information content (AvgIpc) is 3.10. The number of aromatic nitrogens is 2. The first-order valence-electron chi connectivity index (χ1n) is 7.54. The van der Waals surface area contributed by atoms with Crippen LogP contribution in [0.3, 0.4) is 0 Å². The van der Waals surface area contributed by atoms with Crippen LogP contribution >= 0.6 is 11.3 Å². The molecule has 0 fully saturated rings. The van der Waals surface area contributed by atoms with Gasteiger partial charge >= 0.3 is 5.97 Å². The molecular weight excluding hydrogens is 326 g/mol. The van der Waals surface area contributed by atoms with Gasteiger partial charge in [-0.25, -0.2) is 4.79 Å². The molecule has 0 aliphatic carbocycles. The van der Waals surface area contributed by atoms with Gasteiger partial charge in [-0.2, -0.15) is 5.10 Å². The van der Waals surface area contributed by atoms with Gasteiger partial charge in [0.15, 0.2) is 0 Å². The van der Waals surface area contributed by atoms with E-state index in [0.717, 1.165) is 15.6 Å². The van der Waals surface area contributed by atoms with Gasteiger partial charge in [0.05, 0.1) is 19.2 Å². The van der Waals surface area contributed by atoms with Crippen molar-refractivity contribution in [2.24, 2.45) is 7.05 Å². The molecule has 0 aliphatic rings. The number of aryl methyl sites for hydroxylation is 1. The van der Waals surface area contributed by atoms with Crippen molar-refractivity contribution in [3.8, 4) is 0 Å². The summed E-state index contributed by atoms with van der Waals surface area (Å²) in [4.78, 5) is 24.6. The summed E-state index contributed by atoms with van der Waals surface area (Å²) in [5.74, 6) is -0.619. The molecule has 3 rings (SSSR count). The first kappa shape index (κ1) is 16.2. The van der Waals surface area contributed by atoms with E-state index in [2.05, 4.69) is 10.4 Å². The van der Waals surface area contributed by atoms with E-state index in [1.165, 1.54) is 11.3 Å². The number of nitrogens with one attached hydrogen (secondary N) is 1. The molecule has 7 heteroatoms. The molecule has 1 aromatic carbocycles. The SMILES string of the molecule is CCOC(=O)c1c(NC(=O)Cc2cnn(C)c2)sc2ccccc12. The summed E-state index contributed by atoms with van der Waals surface area (Å²) < 4.78 is 7.71. The van der Waals surface area contributed by atoms with Crippen molar-refractivity contribution in [1.82, 2.24) is 9.78 Å². The number of amides is 1. The number of carbonyl (C=O) groups excluding carboxylic acids is 2. The van der Waals surface area contributed by atoms with Crippen molar-refractivity contribution in [3.63, 3.8) is 0 Å². The third-order valence-electron chi connectivity index (χ3n) is 3.45. The standard InChI is InChI=1S/C17H17N3O3S/c1-3-23-17(22)15-12-6-4-5-7-13(12)24-16(15)19-14(21)8-11-9-18-20(2)10-11/h4-7,9-10H,3,8H2,1-2H3,(H,19,21). The van der Waals surface area contributed by atoms with Gasteiger partial charge in [-0.3, -0.25) is 9.48 Å². The molecule has 0 bridgehead atoms. The second kappa shape index (κ2) is 6.84. The smallest absolute Gasteiger partial charge is 0.341 e. The van der Waals surface area contributed by atoms with Crippen LogP contribution in [0.2, 0.25) is 0 Å². The number of thiophene rings is 1. The highest BCUT2D eigenvalue weighted by molar-refractivity contribution is 7.23. The van der Waals surface area contributed by atoms with E-state index in [4.69, 9.17) is 4.74 Å². The molecule has 124 valence electrons. The predicted octanol–water partition coefficient (Wildman–Crippen LogP) is 2.99. The normalized spacial score (nSPS) is 10.8. The Kier molecular flexibility index (Phi) is 4.61. The van der Waals surface area contributed by atoms with Crippen LogP contribution in [0.15, 0.2) is 36.7 Å². The van der Waals surface area contributed by atoms with Crippen molar-refractivity contribution < 1.29 is 14.3 Å². The van der Waals surface area contributed by atoms with Gasteiger partial charge in [0.1, 0.15) is 10.6 Å². The summed E-state index contributed by atoms with van der Waals surface area (Å²) in [6.45, 7) is 2.04. The van der Waals surface area contributed by atoms with Crippen molar-refractivity contribution >= 4 is 38.3 Å². The third-order valence-corrected chi connectivity index (χ3v) is 4.54. The summed E-state index contributed by atoms with van der Waals surface area (Å²) in [6.07, 6.45) is 3.64. The van der Waals surface area contributed by atoms with Gasteiger partial charge in [-0.15, -0.1) is 11.3 Å². The minimum absolute atomic E-state index is 0.194. The molecule has 6 nitrogen and oxygen atoms in total. The number of hydrogen-bond acceptors (Lipinski definition) is 5. The molecule has 0 spiro atoms. The second-order valence-electron chi connectivity index (χ2n) is 5.27. The summed E-state index contributed by atoms with van der Waals surface area (Å²) in [5.41, 5.74) is 1.23. The summed E-state index contributed by atoms with van der Waals surface area (Å²) >= 11 is 1.37. The molecule has 3 aromatic rings. The Labute approximate surface area is 143 Å². The van der Waals surface area contributed by atoms with Gasteiger partial charge in [0, 0.05) is 23.3 Å². The van der Waals surface area contributed by atoms with E-state index < -0.39 is 5.97 Å². The number of benzene rings is 1. The highest BCUT2D eigenvalue weighted by Gasteiger charge is 2.21. The van der Waals surface area contributed by atoms with E-state index in [1.54, 1.807) is 31.0 Å². The summed E-state index contributed by atoms with van der Waals surface area (Å²) in [5, 5.41) is 8.19. The number of hydrogen-bond donors (Lipinski definition) is 1. The lowest BCUT2D eigenvalue weighted by molar-refractivity contribution is -0.115. The molecule has 24 heavy (non-hydrogen) atoms. The minimum Gasteiger partial charge on any atom is -0.462 e. The maximum absolute atomic E-state index is 12.3. The van der Waals surface area contributed by atoms with Crippen LogP contribution in [0.5, 0.6) is 0 Å². The van der Waals surface area contributed by atoms with Crippen molar-refractivity contribution in [1.29, 1.82) is 0 Å². The maximum atomic E-state index is 12.3. The first-order valence-corrected chi connectivity index (χ1v) is 8.36. The fraction of sp³-hybridized carbons (Fsp3) is 0.235. The van der Waals surface area contributed by atoms with Gasteiger partial charge in [0.25, 0.3) is 0 Å². The topological polar surface area (TPSA) is 73.2 Å². The molecule has 0 unspecified atom stereocenters. The van der Waals surface area contributed by atoms with Gasteiger partial charge in [-0.05, 0) is 18.6 Å². The largest absolute Gasteiger partial charge is 0.462 e. The number of fused-ring (bicyclic) bond motifs is 1. The first-order chi connectivity index (χ1) is 11.6. The zero-order chi connectivity index (χ0) is 17.1. The molecule has 0 saturated carbocycles. The Bertz CT molecular complexity index is 898. The Morgan fingerprint density at radius 3 is 2.83 bits per heavy atom. The highest BCUT2D eigenvalue weighted by atomic mass is 32.1. The molecular formula is C17H17N3O3S. The fourth-order valence-electron chi connectivity index (χ4n) is 2.46. The molecule has 2 heterocycles. The van der Waals surface area contributed by atoms with E-state index in [1.807, 2.05) is 24.3 Å². The minimum atomic E-state index is -0.424. The van der Waals surface area contributed by atoms with E-state index in [9.17, 15) is 9.59 Å². The van der Waals surface area contributed by atoms with Crippen LogP contribution < -0.4 is 5.32 Å². The van der Waals surface area contributed by atoms with Gasteiger partial charge in [-0.1, -0.05) is 18.2 Å². The fourth-order valence-corrected chi connectivity index (χ4v) is 3.57. The molecule has 1 N–H and O–H groups in total. The summed E-state index contributed by atoms with van der Waals surface area (Å²) in [7, 11) is 1.80. The Morgan fingerprint density at radius 1 is 1.33 bits per heavy atom. The van der Waals surface area contributed by atoms with Gasteiger partial charge < -0.3 is 10.1 Å². The predicted molar refractivity (Wildman–Crippen MR) is 93.3 cm³/mol. The zero-order valence-corrected chi connectivity index (χ0v) is 14.2. The average molecular weight is 343 g/mol. The summed E-state index contributed by atoms with van der Waals surface area (Å²) in [6, 6.07) is 7.53. The molecule has 1 amide bonds. The number of ether oxygens (including phenoxy) is 1. The van der Waals surface area contributed by atoms with E-state index in [-0.39, 0.29) is 18.9 Å². The number of carbonyl (C=O) groups is 2. The van der Waals surface area contributed by atoms with Crippen molar-refractivity contribution in [2.45, 2.75) is 13.3 Å². The van der Waals surface area contributed by atoms with Crippen LogP contribution in [-0.2, 0) is 23.0 Å². The van der Waals surface area contributed by atoms with Crippen LogP contribution in [0, 0.1) is 0 Å². The van der Waals surface area contributed by atoms with Crippen LogP contribution in [0.1, 0.15) is 22.8 Å². The Hall–Kier alpha value is -2.67. The van der Waals surface area contributed by atoms with Crippen LogP contribution in [0.4, 0.5) is 5.00 Å². The molecule has 0 saturated heterocycles. The van der Waals surface area contributed by atoms with Crippen molar-refractivity contribution in [2.75, 3.05) is 11.9 Å². The lowest BCUT2D eigenvalue weighted by atomic mass is 10.1. The Morgan fingerprint density at radius 2 is 2.12 bits per heavy atom. The second-order valence-corrected chi connectivity index (χ2v) is 6.32.